The van der Waals surface area contributed by atoms with E-state index in [1.165, 1.54) is 11.6 Å². The maximum absolute atomic E-state index is 13.8. The Kier molecular flexibility index (Phi) is 5.60. The molecule has 1 atom stereocenters. The van der Waals surface area contributed by atoms with E-state index in [0.717, 1.165) is 37.0 Å². The minimum atomic E-state index is -3.58. The third kappa shape index (κ3) is 4.53. The van der Waals surface area contributed by atoms with Gasteiger partial charge in [0.25, 0.3) is 0 Å². The molecular formula is C20H21F2NO3S. The van der Waals surface area contributed by atoms with Crippen molar-refractivity contribution in [3.63, 3.8) is 0 Å². The van der Waals surface area contributed by atoms with Gasteiger partial charge in [0.1, 0.15) is 11.6 Å². The first-order valence-corrected chi connectivity index (χ1v) is 10.5. The summed E-state index contributed by atoms with van der Waals surface area (Å²) in [6.07, 6.45) is 2.64. The van der Waals surface area contributed by atoms with Crippen LogP contribution in [0.4, 0.5) is 8.78 Å². The van der Waals surface area contributed by atoms with E-state index in [1.807, 2.05) is 6.07 Å². The number of aryl methyl sites for hydroxylation is 2. The maximum Gasteiger partial charge on any atom is 0.221 e. The van der Waals surface area contributed by atoms with Gasteiger partial charge in [0.15, 0.2) is 9.84 Å². The fourth-order valence-corrected chi connectivity index (χ4v) is 4.62. The van der Waals surface area contributed by atoms with Crippen molar-refractivity contribution in [2.75, 3.05) is 5.75 Å². The van der Waals surface area contributed by atoms with Crippen molar-refractivity contribution in [3.05, 3.63) is 64.7 Å². The number of rotatable bonds is 6. The highest BCUT2D eigenvalue weighted by Gasteiger charge is 2.21. The predicted octanol–water partition coefficient (Wildman–Crippen LogP) is 3.49. The van der Waals surface area contributed by atoms with Crippen molar-refractivity contribution < 1.29 is 22.0 Å². The standard InChI is InChI=1S/C20H21F2NO3S/c1-13(18-8-6-16(21)12-19(18)22)23-20(24)9-10-27(25,26)17-7-5-14-3-2-4-15(14)11-17/h5-8,11-13H,2-4,9-10H2,1H3,(H,23,24). The summed E-state index contributed by atoms with van der Waals surface area (Å²) in [6.45, 7) is 1.56. The molecular weight excluding hydrogens is 372 g/mol. The molecule has 0 bridgehead atoms. The van der Waals surface area contributed by atoms with Gasteiger partial charge in [0, 0.05) is 18.1 Å². The predicted molar refractivity (Wildman–Crippen MR) is 98.1 cm³/mol. The van der Waals surface area contributed by atoms with E-state index in [-0.39, 0.29) is 22.6 Å². The lowest BCUT2D eigenvalue weighted by Crippen LogP contribution is -2.29. The van der Waals surface area contributed by atoms with Crippen molar-refractivity contribution in [1.82, 2.24) is 5.32 Å². The van der Waals surface area contributed by atoms with Crippen LogP contribution in [0.25, 0.3) is 0 Å². The molecule has 0 fully saturated rings. The summed E-state index contributed by atoms with van der Waals surface area (Å²) in [5.41, 5.74) is 2.38. The number of nitrogens with one attached hydrogen (secondary N) is 1. The van der Waals surface area contributed by atoms with Crippen molar-refractivity contribution in [2.45, 2.75) is 43.5 Å². The number of amides is 1. The molecule has 1 aliphatic rings. The molecule has 2 aromatic rings. The quantitative estimate of drug-likeness (QED) is 0.817. The van der Waals surface area contributed by atoms with Crippen molar-refractivity contribution >= 4 is 15.7 Å². The molecule has 144 valence electrons. The highest BCUT2D eigenvalue weighted by Crippen LogP contribution is 2.25. The minimum absolute atomic E-state index is 0.145. The topological polar surface area (TPSA) is 63.2 Å². The molecule has 0 saturated carbocycles. The van der Waals surface area contributed by atoms with Crippen LogP contribution < -0.4 is 5.32 Å². The highest BCUT2D eigenvalue weighted by atomic mass is 32.2. The second-order valence-electron chi connectivity index (χ2n) is 6.81. The lowest BCUT2D eigenvalue weighted by atomic mass is 10.1. The molecule has 0 radical (unpaired) electrons. The van der Waals surface area contributed by atoms with E-state index in [2.05, 4.69) is 5.32 Å². The van der Waals surface area contributed by atoms with Crippen LogP contribution in [-0.4, -0.2) is 20.1 Å². The average Bonchev–Trinajstić information content (AvgIpc) is 3.07. The van der Waals surface area contributed by atoms with Crippen molar-refractivity contribution in [2.24, 2.45) is 0 Å². The molecule has 2 aromatic carbocycles. The van der Waals surface area contributed by atoms with Gasteiger partial charge in [-0.2, -0.15) is 0 Å². The lowest BCUT2D eigenvalue weighted by Gasteiger charge is -2.15. The van der Waals surface area contributed by atoms with Crippen LogP contribution in [0.2, 0.25) is 0 Å². The molecule has 7 heteroatoms. The van der Waals surface area contributed by atoms with Crippen LogP contribution in [-0.2, 0) is 27.5 Å². The van der Waals surface area contributed by atoms with Crippen LogP contribution in [0.5, 0.6) is 0 Å². The van der Waals surface area contributed by atoms with Gasteiger partial charge in [0.2, 0.25) is 5.91 Å². The molecule has 27 heavy (non-hydrogen) atoms. The van der Waals surface area contributed by atoms with Crippen LogP contribution in [0.15, 0.2) is 41.3 Å². The van der Waals surface area contributed by atoms with Crippen LogP contribution in [0.3, 0.4) is 0 Å². The summed E-state index contributed by atoms with van der Waals surface area (Å²) < 4.78 is 51.7. The number of hydrogen-bond acceptors (Lipinski definition) is 3. The van der Waals surface area contributed by atoms with Crippen molar-refractivity contribution in [1.29, 1.82) is 0 Å². The molecule has 0 aromatic heterocycles. The summed E-state index contributed by atoms with van der Waals surface area (Å²) in [6, 6.07) is 7.56. The van der Waals surface area contributed by atoms with Gasteiger partial charge < -0.3 is 5.32 Å². The Morgan fingerprint density at radius 1 is 1.11 bits per heavy atom. The molecule has 0 spiro atoms. The van der Waals surface area contributed by atoms with Gasteiger partial charge in [-0.05, 0) is 55.5 Å². The molecule has 4 nitrogen and oxygen atoms in total. The molecule has 1 unspecified atom stereocenters. The van der Waals surface area contributed by atoms with Gasteiger partial charge in [-0.25, -0.2) is 17.2 Å². The zero-order chi connectivity index (χ0) is 19.6. The van der Waals surface area contributed by atoms with E-state index in [1.54, 1.807) is 19.1 Å². The third-order valence-electron chi connectivity index (χ3n) is 4.83. The Hall–Kier alpha value is -2.28. The first-order chi connectivity index (χ1) is 12.8. The number of carbonyl (C=O) groups is 1. The zero-order valence-corrected chi connectivity index (χ0v) is 15.8. The molecule has 0 heterocycles. The molecule has 3 rings (SSSR count). The Balaban J connectivity index is 1.61. The summed E-state index contributed by atoms with van der Waals surface area (Å²) in [4.78, 5) is 12.3. The molecule has 0 saturated heterocycles. The summed E-state index contributed by atoms with van der Waals surface area (Å²) >= 11 is 0. The number of halogens is 2. The van der Waals surface area contributed by atoms with E-state index >= 15 is 0 Å². The highest BCUT2D eigenvalue weighted by molar-refractivity contribution is 7.91. The normalized spacial score (nSPS) is 14.6. The SMILES string of the molecule is CC(NC(=O)CCS(=O)(=O)c1ccc2c(c1)CCC2)c1ccc(F)cc1F. The summed E-state index contributed by atoms with van der Waals surface area (Å²) in [5, 5.41) is 2.56. The first kappa shape index (κ1) is 19.5. The van der Waals surface area contributed by atoms with E-state index in [4.69, 9.17) is 0 Å². The van der Waals surface area contributed by atoms with Crippen LogP contribution in [0.1, 0.15) is 42.5 Å². The Morgan fingerprint density at radius 2 is 1.85 bits per heavy atom. The Labute approximate surface area is 157 Å². The molecule has 1 amide bonds. The smallest absolute Gasteiger partial charge is 0.221 e. The van der Waals surface area contributed by atoms with Gasteiger partial charge in [-0.1, -0.05) is 12.1 Å². The van der Waals surface area contributed by atoms with Gasteiger partial charge in [-0.15, -0.1) is 0 Å². The minimum Gasteiger partial charge on any atom is -0.349 e. The fourth-order valence-electron chi connectivity index (χ4n) is 3.33. The Bertz CT molecular complexity index is 973. The first-order valence-electron chi connectivity index (χ1n) is 8.85. The van der Waals surface area contributed by atoms with E-state index < -0.39 is 33.4 Å². The number of benzene rings is 2. The van der Waals surface area contributed by atoms with E-state index in [9.17, 15) is 22.0 Å². The lowest BCUT2D eigenvalue weighted by molar-refractivity contribution is -0.121. The van der Waals surface area contributed by atoms with Crippen LogP contribution >= 0.6 is 0 Å². The number of hydrogen-bond donors (Lipinski definition) is 1. The number of fused-ring (bicyclic) bond motifs is 1. The summed E-state index contributed by atoms with van der Waals surface area (Å²) in [7, 11) is -3.58. The monoisotopic (exact) mass is 393 g/mol. The Morgan fingerprint density at radius 3 is 2.59 bits per heavy atom. The molecule has 1 aliphatic carbocycles. The molecule has 1 N–H and O–H groups in total. The third-order valence-corrected chi connectivity index (χ3v) is 6.55. The van der Waals surface area contributed by atoms with Gasteiger partial charge in [0.05, 0.1) is 16.7 Å². The second-order valence-corrected chi connectivity index (χ2v) is 8.92. The zero-order valence-electron chi connectivity index (χ0n) is 15.0. The van der Waals surface area contributed by atoms with Crippen molar-refractivity contribution in [3.8, 4) is 0 Å². The maximum atomic E-state index is 13.8. The van der Waals surface area contributed by atoms with Gasteiger partial charge >= 0.3 is 0 Å². The van der Waals surface area contributed by atoms with Gasteiger partial charge in [-0.3, -0.25) is 4.79 Å². The van der Waals surface area contributed by atoms with Crippen LogP contribution in [0, 0.1) is 11.6 Å². The van der Waals surface area contributed by atoms with E-state index in [0.29, 0.717) is 0 Å². The number of sulfone groups is 1. The number of carbonyl (C=O) groups excluding carboxylic acids is 1. The largest absolute Gasteiger partial charge is 0.349 e. The fraction of sp³-hybridized carbons (Fsp3) is 0.350. The average molecular weight is 393 g/mol. The second kappa shape index (κ2) is 7.76. The molecule has 0 aliphatic heterocycles. The summed E-state index contributed by atoms with van der Waals surface area (Å²) in [5.74, 6) is -2.28.